The van der Waals surface area contributed by atoms with Gasteiger partial charge in [-0.15, -0.1) is 11.3 Å². The highest BCUT2D eigenvalue weighted by Gasteiger charge is 2.12. The monoisotopic (exact) mass is 410 g/mol. The highest BCUT2D eigenvalue weighted by atomic mass is 35.5. The molecule has 0 unspecified atom stereocenters. The molecule has 2 heterocycles. The second-order valence-electron chi connectivity index (χ2n) is 6.47. The number of aryl methyl sites for hydroxylation is 1. The molecule has 0 bridgehead atoms. The lowest BCUT2D eigenvalue weighted by atomic mass is 10.2. The first-order valence-electron chi connectivity index (χ1n) is 9.06. The molecule has 0 spiro atoms. The Labute approximate surface area is 172 Å². The molecule has 6 heteroatoms. The summed E-state index contributed by atoms with van der Waals surface area (Å²) >= 11 is 7.43. The van der Waals surface area contributed by atoms with Crippen molar-refractivity contribution in [2.45, 2.75) is 19.9 Å². The highest BCUT2D eigenvalue weighted by molar-refractivity contribution is 7.21. The van der Waals surface area contributed by atoms with Gasteiger partial charge >= 0.3 is 0 Å². The van der Waals surface area contributed by atoms with E-state index in [1.807, 2.05) is 55.5 Å². The Hall–Kier alpha value is -2.63. The van der Waals surface area contributed by atoms with Crippen molar-refractivity contribution in [2.75, 3.05) is 6.61 Å². The molecule has 28 heavy (non-hydrogen) atoms. The first-order chi connectivity index (χ1) is 13.6. The fourth-order valence-electron chi connectivity index (χ4n) is 3.07. The van der Waals surface area contributed by atoms with Gasteiger partial charge in [0.15, 0.2) is 0 Å². The van der Waals surface area contributed by atoms with Crippen LogP contribution >= 0.6 is 22.9 Å². The smallest absolute Gasteiger partial charge is 0.262 e. The molecule has 0 fully saturated rings. The molecule has 0 atom stereocenters. The molecule has 0 saturated heterocycles. The molecule has 4 aromatic rings. The zero-order valence-electron chi connectivity index (χ0n) is 15.4. The topological polar surface area (TPSA) is 44.1 Å². The summed E-state index contributed by atoms with van der Waals surface area (Å²) in [5.41, 5.74) is 1.11. The Balaban J connectivity index is 1.51. The molecule has 0 aliphatic rings. The van der Waals surface area contributed by atoms with E-state index in [4.69, 9.17) is 16.3 Å². The summed E-state index contributed by atoms with van der Waals surface area (Å²) in [7, 11) is 0. The molecule has 0 saturated carbocycles. The van der Waals surface area contributed by atoms with Gasteiger partial charge in [-0.3, -0.25) is 9.36 Å². The van der Waals surface area contributed by atoms with Crippen molar-refractivity contribution in [1.82, 2.24) is 9.55 Å². The Morgan fingerprint density at radius 2 is 1.86 bits per heavy atom. The van der Waals surface area contributed by atoms with E-state index in [0.29, 0.717) is 30.0 Å². The van der Waals surface area contributed by atoms with E-state index in [1.165, 1.54) is 0 Å². The van der Waals surface area contributed by atoms with Crippen LogP contribution in [0.25, 0.3) is 20.7 Å². The summed E-state index contributed by atoms with van der Waals surface area (Å²) in [5.74, 6) is 1.50. The first-order valence-corrected chi connectivity index (χ1v) is 10.3. The number of benzene rings is 2. The van der Waals surface area contributed by atoms with Crippen LogP contribution in [0.1, 0.15) is 12.2 Å². The van der Waals surface area contributed by atoms with Crippen molar-refractivity contribution in [3.05, 3.63) is 81.9 Å². The second-order valence-corrected chi connectivity index (χ2v) is 7.93. The fraction of sp³-hybridized carbons (Fsp3) is 0.182. The lowest BCUT2D eigenvalue weighted by molar-refractivity contribution is 0.300. The van der Waals surface area contributed by atoms with Crippen molar-refractivity contribution in [3.63, 3.8) is 0 Å². The van der Waals surface area contributed by atoms with Crippen molar-refractivity contribution in [3.8, 4) is 16.2 Å². The number of halogens is 1. The number of hydrogen-bond donors (Lipinski definition) is 0. The largest absolute Gasteiger partial charge is 0.494 e. The molecule has 2 aromatic heterocycles. The van der Waals surface area contributed by atoms with Crippen LogP contribution in [0.3, 0.4) is 0 Å². The van der Waals surface area contributed by atoms with Crippen LogP contribution in [-0.2, 0) is 6.54 Å². The number of aromatic nitrogens is 2. The third-order valence-corrected chi connectivity index (χ3v) is 5.84. The second kappa shape index (κ2) is 8.17. The highest BCUT2D eigenvalue weighted by Crippen LogP contribution is 2.30. The van der Waals surface area contributed by atoms with Crippen LogP contribution in [0.2, 0.25) is 5.02 Å². The molecule has 4 rings (SSSR count). The predicted molar refractivity (Wildman–Crippen MR) is 116 cm³/mol. The van der Waals surface area contributed by atoms with Crippen molar-refractivity contribution in [2.24, 2.45) is 0 Å². The van der Waals surface area contributed by atoms with Crippen LogP contribution in [0.15, 0.2) is 65.5 Å². The quantitative estimate of drug-likeness (QED) is 0.391. The van der Waals surface area contributed by atoms with Gasteiger partial charge in [-0.1, -0.05) is 41.9 Å². The molecule has 0 radical (unpaired) electrons. The Bertz CT molecular complexity index is 1150. The van der Waals surface area contributed by atoms with Gasteiger partial charge < -0.3 is 4.74 Å². The van der Waals surface area contributed by atoms with E-state index in [0.717, 1.165) is 26.8 Å². The molecule has 4 nitrogen and oxygen atoms in total. The normalized spacial score (nSPS) is 11.1. The molecule has 0 N–H and O–H groups in total. The summed E-state index contributed by atoms with van der Waals surface area (Å²) in [5, 5.41) is 1.35. The van der Waals surface area contributed by atoms with Crippen LogP contribution in [0.5, 0.6) is 5.75 Å². The average molecular weight is 411 g/mol. The zero-order valence-corrected chi connectivity index (χ0v) is 17.0. The third kappa shape index (κ3) is 3.96. The predicted octanol–water partition coefficient (Wildman–Crippen LogP) is 5.56. The maximum absolute atomic E-state index is 13.0. The number of hydrogen-bond acceptors (Lipinski definition) is 4. The molecule has 0 aliphatic heterocycles. The van der Waals surface area contributed by atoms with Crippen molar-refractivity contribution < 1.29 is 4.74 Å². The van der Waals surface area contributed by atoms with Gasteiger partial charge in [0.1, 0.15) is 16.4 Å². The zero-order chi connectivity index (χ0) is 19.5. The summed E-state index contributed by atoms with van der Waals surface area (Å²) in [4.78, 5) is 19.5. The summed E-state index contributed by atoms with van der Waals surface area (Å²) in [6, 6.07) is 19.3. The molecular formula is C22H19ClN2O2S. The minimum Gasteiger partial charge on any atom is -0.494 e. The number of thiophene rings is 1. The van der Waals surface area contributed by atoms with Crippen LogP contribution < -0.4 is 10.3 Å². The van der Waals surface area contributed by atoms with Gasteiger partial charge in [0.05, 0.1) is 12.0 Å². The molecule has 2 aromatic carbocycles. The van der Waals surface area contributed by atoms with Gasteiger partial charge in [0.2, 0.25) is 0 Å². The number of fused-ring (bicyclic) bond motifs is 1. The van der Waals surface area contributed by atoms with Crippen LogP contribution in [0.4, 0.5) is 0 Å². The van der Waals surface area contributed by atoms with Gasteiger partial charge in [-0.25, -0.2) is 4.98 Å². The van der Waals surface area contributed by atoms with E-state index in [2.05, 4.69) is 4.98 Å². The number of nitrogens with zero attached hydrogens (tertiary/aromatic N) is 2. The molecular weight excluding hydrogens is 392 g/mol. The van der Waals surface area contributed by atoms with Crippen LogP contribution in [-0.4, -0.2) is 16.2 Å². The SMILES string of the molecule is Cc1nc2sc(-c3ccccc3)cc2c(=O)n1CCCOc1ccc(Cl)cc1. The van der Waals surface area contributed by atoms with Crippen LogP contribution in [0, 0.1) is 6.92 Å². The standard InChI is InChI=1S/C22H19ClN2O2S/c1-15-24-21-19(14-20(28-21)16-6-3-2-4-7-16)22(26)25(15)12-5-13-27-18-10-8-17(23)9-11-18/h2-4,6-11,14H,5,12-13H2,1H3. The lowest BCUT2D eigenvalue weighted by Gasteiger charge is -2.10. The molecule has 142 valence electrons. The van der Waals surface area contributed by atoms with E-state index in [1.54, 1.807) is 28.0 Å². The summed E-state index contributed by atoms with van der Waals surface area (Å²) < 4.78 is 7.45. The lowest BCUT2D eigenvalue weighted by Crippen LogP contribution is -2.24. The molecule has 0 amide bonds. The Kier molecular flexibility index (Phi) is 5.46. The Morgan fingerprint density at radius 3 is 2.61 bits per heavy atom. The first kappa shape index (κ1) is 18.7. The van der Waals surface area contributed by atoms with Gasteiger partial charge in [0.25, 0.3) is 5.56 Å². The van der Waals surface area contributed by atoms with E-state index < -0.39 is 0 Å². The molecule has 0 aliphatic carbocycles. The van der Waals surface area contributed by atoms with Gasteiger partial charge in [0, 0.05) is 16.4 Å². The fourth-order valence-corrected chi connectivity index (χ4v) is 4.27. The minimum absolute atomic E-state index is 0.00687. The minimum atomic E-state index is 0.00687. The number of rotatable bonds is 6. The maximum atomic E-state index is 13.0. The number of ether oxygens (including phenoxy) is 1. The van der Waals surface area contributed by atoms with E-state index in [9.17, 15) is 4.79 Å². The summed E-state index contributed by atoms with van der Waals surface area (Å²) in [6.45, 7) is 2.96. The van der Waals surface area contributed by atoms with E-state index >= 15 is 0 Å². The summed E-state index contributed by atoms with van der Waals surface area (Å²) in [6.07, 6.45) is 0.715. The van der Waals surface area contributed by atoms with E-state index in [-0.39, 0.29) is 5.56 Å². The van der Waals surface area contributed by atoms with Gasteiger partial charge in [-0.2, -0.15) is 0 Å². The average Bonchev–Trinajstić information content (AvgIpc) is 3.13. The third-order valence-electron chi connectivity index (χ3n) is 4.51. The maximum Gasteiger partial charge on any atom is 0.262 e. The van der Waals surface area contributed by atoms with Crippen molar-refractivity contribution >= 4 is 33.2 Å². The van der Waals surface area contributed by atoms with Crippen molar-refractivity contribution in [1.29, 1.82) is 0 Å². The van der Waals surface area contributed by atoms with Gasteiger partial charge in [-0.05, 0) is 49.2 Å². The Morgan fingerprint density at radius 1 is 1.11 bits per heavy atom.